The third kappa shape index (κ3) is 2.90. The Morgan fingerprint density at radius 2 is 2.00 bits per heavy atom. The summed E-state index contributed by atoms with van der Waals surface area (Å²) >= 11 is 0. The van der Waals surface area contributed by atoms with E-state index in [0.29, 0.717) is 11.4 Å². The number of rotatable bonds is 4. The number of carboxylic acid groups (broad SMARTS) is 1. The van der Waals surface area contributed by atoms with Crippen molar-refractivity contribution in [1.29, 1.82) is 0 Å². The summed E-state index contributed by atoms with van der Waals surface area (Å²) in [5, 5.41) is 8.93. The molecule has 5 heteroatoms. The lowest BCUT2D eigenvalue weighted by atomic mass is 10.1. The molecular formula is C12H13NO4. The first-order valence-corrected chi connectivity index (χ1v) is 4.97. The highest BCUT2D eigenvalue weighted by molar-refractivity contribution is 5.95. The van der Waals surface area contributed by atoms with Crippen molar-refractivity contribution in [2.75, 3.05) is 6.61 Å². The average molecular weight is 235 g/mol. The van der Waals surface area contributed by atoms with Crippen molar-refractivity contribution < 1.29 is 19.4 Å². The second-order valence-electron chi connectivity index (χ2n) is 3.45. The van der Waals surface area contributed by atoms with Crippen LogP contribution in [-0.4, -0.2) is 28.6 Å². The van der Waals surface area contributed by atoms with Crippen molar-refractivity contribution in [3.8, 4) is 0 Å². The zero-order valence-corrected chi connectivity index (χ0v) is 9.69. The molecule has 0 aromatic carbocycles. The first kappa shape index (κ1) is 12.9. The Bertz CT molecular complexity index is 480. The molecule has 0 saturated carbocycles. The highest BCUT2D eigenvalue weighted by Gasteiger charge is 2.17. The molecule has 17 heavy (non-hydrogen) atoms. The molecule has 0 saturated heterocycles. The third-order valence-electron chi connectivity index (χ3n) is 2.19. The summed E-state index contributed by atoms with van der Waals surface area (Å²) in [5.41, 5.74) is 0.979. The maximum Gasteiger partial charge on any atom is 0.340 e. The van der Waals surface area contributed by atoms with Crippen molar-refractivity contribution in [3.05, 3.63) is 41.2 Å². The lowest BCUT2D eigenvalue weighted by Gasteiger charge is -2.08. The van der Waals surface area contributed by atoms with E-state index in [-0.39, 0.29) is 17.7 Å². The molecule has 1 N–H and O–H groups in total. The number of aromatic nitrogens is 1. The van der Waals surface area contributed by atoms with Crippen molar-refractivity contribution in [2.45, 2.75) is 13.8 Å². The van der Waals surface area contributed by atoms with E-state index < -0.39 is 11.9 Å². The van der Waals surface area contributed by atoms with E-state index in [1.165, 1.54) is 12.1 Å². The molecule has 0 aliphatic carbocycles. The van der Waals surface area contributed by atoms with Crippen LogP contribution in [0.2, 0.25) is 0 Å². The second kappa shape index (κ2) is 5.25. The topological polar surface area (TPSA) is 76.5 Å². The van der Waals surface area contributed by atoms with Crippen LogP contribution < -0.4 is 0 Å². The van der Waals surface area contributed by atoms with Crippen LogP contribution in [0.1, 0.15) is 32.1 Å². The molecule has 0 atom stereocenters. The fourth-order valence-electron chi connectivity index (χ4n) is 1.36. The molecule has 0 aliphatic heterocycles. The number of ether oxygens (including phenoxy) is 1. The van der Waals surface area contributed by atoms with Gasteiger partial charge in [0, 0.05) is 0 Å². The standard InChI is InChI=1S/C12H13NO4/c1-4-5-17-12(16)10-6-9(11(14)15)7(2)13-8(10)3/h4,6H,1,5H2,2-3H3,(H,14,15). The summed E-state index contributed by atoms with van der Waals surface area (Å²) in [4.78, 5) is 26.5. The van der Waals surface area contributed by atoms with Gasteiger partial charge in [-0.2, -0.15) is 0 Å². The Kier molecular flexibility index (Phi) is 3.98. The first-order chi connectivity index (χ1) is 7.97. The van der Waals surface area contributed by atoms with E-state index in [4.69, 9.17) is 9.84 Å². The molecule has 1 aromatic heterocycles. The maximum atomic E-state index is 11.6. The molecule has 0 amide bonds. The van der Waals surface area contributed by atoms with Crippen LogP contribution in [0.15, 0.2) is 18.7 Å². The molecule has 90 valence electrons. The van der Waals surface area contributed by atoms with Crippen LogP contribution >= 0.6 is 0 Å². The SMILES string of the molecule is C=CCOC(=O)c1cc(C(=O)O)c(C)nc1C. The smallest absolute Gasteiger partial charge is 0.340 e. The van der Waals surface area contributed by atoms with E-state index in [1.807, 2.05) is 0 Å². The Morgan fingerprint density at radius 1 is 1.41 bits per heavy atom. The van der Waals surface area contributed by atoms with Crippen molar-refractivity contribution in [3.63, 3.8) is 0 Å². The van der Waals surface area contributed by atoms with Crippen molar-refractivity contribution in [1.82, 2.24) is 4.98 Å². The minimum absolute atomic E-state index is 0.00107. The predicted molar refractivity (Wildman–Crippen MR) is 61.1 cm³/mol. The van der Waals surface area contributed by atoms with E-state index in [9.17, 15) is 9.59 Å². The Balaban J connectivity index is 3.15. The van der Waals surface area contributed by atoms with Gasteiger partial charge in [-0.05, 0) is 19.9 Å². The molecule has 0 fully saturated rings. The predicted octanol–water partition coefficient (Wildman–Crippen LogP) is 1.74. The number of aromatic carboxylic acids is 1. The average Bonchev–Trinajstić information content (AvgIpc) is 2.25. The van der Waals surface area contributed by atoms with E-state index in [1.54, 1.807) is 13.8 Å². The van der Waals surface area contributed by atoms with Gasteiger partial charge in [0.2, 0.25) is 0 Å². The number of esters is 1. The van der Waals surface area contributed by atoms with Gasteiger partial charge in [0.25, 0.3) is 0 Å². The number of pyridine rings is 1. The quantitative estimate of drug-likeness (QED) is 0.635. The zero-order valence-electron chi connectivity index (χ0n) is 9.69. The summed E-state index contributed by atoms with van der Waals surface area (Å²) in [7, 11) is 0. The van der Waals surface area contributed by atoms with Gasteiger partial charge in [0.1, 0.15) is 6.61 Å². The largest absolute Gasteiger partial charge is 0.478 e. The fourth-order valence-corrected chi connectivity index (χ4v) is 1.36. The summed E-state index contributed by atoms with van der Waals surface area (Å²) in [6, 6.07) is 1.28. The number of carbonyl (C=O) groups is 2. The summed E-state index contributed by atoms with van der Waals surface area (Å²) in [5.74, 6) is -1.72. The number of nitrogens with zero attached hydrogens (tertiary/aromatic N) is 1. The van der Waals surface area contributed by atoms with Gasteiger partial charge in [0.05, 0.1) is 22.5 Å². The molecule has 0 bridgehead atoms. The van der Waals surface area contributed by atoms with E-state index in [0.717, 1.165) is 0 Å². The molecule has 0 radical (unpaired) electrons. The van der Waals surface area contributed by atoms with Crippen LogP contribution in [0.25, 0.3) is 0 Å². The molecule has 0 spiro atoms. The van der Waals surface area contributed by atoms with Crippen molar-refractivity contribution in [2.24, 2.45) is 0 Å². The number of hydrogen-bond acceptors (Lipinski definition) is 4. The molecule has 1 rings (SSSR count). The molecule has 1 aromatic rings. The number of carbonyl (C=O) groups excluding carboxylic acids is 1. The number of carboxylic acids is 1. The minimum atomic E-state index is -1.12. The summed E-state index contributed by atoms with van der Waals surface area (Å²) < 4.78 is 4.84. The van der Waals surface area contributed by atoms with E-state index in [2.05, 4.69) is 11.6 Å². The fraction of sp³-hybridized carbons (Fsp3) is 0.250. The number of aryl methyl sites for hydroxylation is 2. The van der Waals surface area contributed by atoms with Crippen LogP contribution in [0.5, 0.6) is 0 Å². The van der Waals surface area contributed by atoms with E-state index >= 15 is 0 Å². The van der Waals surface area contributed by atoms with Crippen LogP contribution in [0.4, 0.5) is 0 Å². The maximum absolute atomic E-state index is 11.6. The van der Waals surface area contributed by atoms with Gasteiger partial charge in [-0.25, -0.2) is 9.59 Å². The van der Waals surface area contributed by atoms with Gasteiger partial charge in [-0.15, -0.1) is 0 Å². The van der Waals surface area contributed by atoms with Crippen molar-refractivity contribution >= 4 is 11.9 Å². The Hall–Kier alpha value is -2.17. The third-order valence-corrected chi connectivity index (χ3v) is 2.19. The van der Waals surface area contributed by atoms with Crippen LogP contribution in [0.3, 0.4) is 0 Å². The van der Waals surface area contributed by atoms with Crippen LogP contribution in [0, 0.1) is 13.8 Å². The minimum Gasteiger partial charge on any atom is -0.478 e. The summed E-state index contributed by atoms with van der Waals surface area (Å²) in [6.45, 7) is 6.71. The van der Waals surface area contributed by atoms with Gasteiger partial charge in [0.15, 0.2) is 0 Å². The van der Waals surface area contributed by atoms with Crippen LogP contribution in [-0.2, 0) is 4.74 Å². The van der Waals surface area contributed by atoms with Gasteiger partial charge in [-0.3, -0.25) is 4.98 Å². The normalized spacial score (nSPS) is 9.76. The lowest BCUT2D eigenvalue weighted by Crippen LogP contribution is -2.12. The first-order valence-electron chi connectivity index (χ1n) is 4.97. The Labute approximate surface area is 98.7 Å². The molecule has 0 unspecified atom stereocenters. The lowest BCUT2D eigenvalue weighted by molar-refractivity contribution is 0.0548. The van der Waals surface area contributed by atoms with Gasteiger partial charge in [-0.1, -0.05) is 12.7 Å². The molecule has 5 nitrogen and oxygen atoms in total. The molecule has 0 aliphatic rings. The Morgan fingerprint density at radius 3 is 2.53 bits per heavy atom. The summed E-state index contributed by atoms with van der Waals surface area (Å²) in [6.07, 6.45) is 1.44. The number of hydrogen-bond donors (Lipinski definition) is 1. The van der Waals surface area contributed by atoms with Gasteiger partial charge >= 0.3 is 11.9 Å². The highest BCUT2D eigenvalue weighted by Crippen LogP contribution is 2.13. The highest BCUT2D eigenvalue weighted by atomic mass is 16.5. The molecule has 1 heterocycles. The monoisotopic (exact) mass is 235 g/mol. The second-order valence-corrected chi connectivity index (χ2v) is 3.45. The van der Waals surface area contributed by atoms with Gasteiger partial charge < -0.3 is 9.84 Å². The zero-order chi connectivity index (χ0) is 13.0. The molecular weight excluding hydrogens is 222 g/mol.